The molecule has 1 aromatic rings. The number of unbranched alkanes of at least 4 members (excludes halogenated alkanes) is 2. The van der Waals surface area contributed by atoms with Crippen LogP contribution >= 0.6 is 0 Å². The van der Waals surface area contributed by atoms with Gasteiger partial charge in [0, 0.05) is 11.8 Å². The number of aromatic nitrogens is 1. The van der Waals surface area contributed by atoms with Crippen molar-refractivity contribution in [3.05, 3.63) is 23.9 Å². The first kappa shape index (κ1) is 12.0. The Balaban J connectivity index is 2.72. The second-order valence-electron chi connectivity index (χ2n) is 4.17. The van der Waals surface area contributed by atoms with Gasteiger partial charge < -0.3 is 10.8 Å². The van der Waals surface area contributed by atoms with Gasteiger partial charge in [-0.3, -0.25) is 0 Å². The van der Waals surface area contributed by atoms with Gasteiger partial charge in [-0.1, -0.05) is 32.3 Å². The molecule has 0 saturated heterocycles. The van der Waals surface area contributed by atoms with Gasteiger partial charge in [0.1, 0.15) is 5.82 Å². The highest BCUT2D eigenvalue weighted by atomic mass is 16.3. The summed E-state index contributed by atoms with van der Waals surface area (Å²) < 4.78 is 0. The molecule has 3 N–H and O–H groups in total. The summed E-state index contributed by atoms with van der Waals surface area (Å²) in [5, 5.41) is 10.3. The fourth-order valence-corrected chi connectivity index (χ4v) is 1.73. The number of aliphatic hydroxyl groups is 1. The van der Waals surface area contributed by atoms with Crippen LogP contribution in [0.5, 0.6) is 0 Å². The summed E-state index contributed by atoms with van der Waals surface area (Å²) in [5.41, 5.74) is 5.62. The summed E-state index contributed by atoms with van der Waals surface area (Å²) >= 11 is 0. The van der Waals surface area contributed by atoms with Crippen LogP contribution in [0.3, 0.4) is 0 Å². The average molecular weight is 208 g/mol. The van der Waals surface area contributed by atoms with E-state index in [4.69, 9.17) is 5.73 Å². The summed E-state index contributed by atoms with van der Waals surface area (Å²) in [5.74, 6) is 0.430. The molecule has 0 bridgehead atoms. The molecule has 0 aliphatic carbocycles. The smallest absolute Gasteiger partial charge is 0.129 e. The molecule has 0 fully saturated rings. The van der Waals surface area contributed by atoms with Crippen molar-refractivity contribution in [2.75, 3.05) is 5.73 Å². The minimum atomic E-state index is -0.854. The normalized spacial score (nSPS) is 14.9. The third-order valence-electron chi connectivity index (χ3n) is 2.69. The third kappa shape index (κ3) is 3.20. The van der Waals surface area contributed by atoms with Gasteiger partial charge in [0.2, 0.25) is 0 Å². The highest BCUT2D eigenvalue weighted by molar-refractivity contribution is 5.42. The van der Waals surface area contributed by atoms with E-state index >= 15 is 0 Å². The summed E-state index contributed by atoms with van der Waals surface area (Å²) in [6.07, 6.45) is 5.67. The number of nitrogen functional groups attached to an aromatic ring is 1. The van der Waals surface area contributed by atoms with E-state index in [2.05, 4.69) is 11.9 Å². The van der Waals surface area contributed by atoms with Crippen LogP contribution in [0.15, 0.2) is 18.3 Å². The Labute approximate surface area is 91.3 Å². The van der Waals surface area contributed by atoms with Gasteiger partial charge in [-0.2, -0.15) is 0 Å². The summed E-state index contributed by atoms with van der Waals surface area (Å²) in [6, 6.07) is 3.65. The van der Waals surface area contributed by atoms with Crippen molar-refractivity contribution in [2.24, 2.45) is 0 Å². The van der Waals surface area contributed by atoms with Gasteiger partial charge >= 0.3 is 0 Å². The monoisotopic (exact) mass is 208 g/mol. The molecule has 0 aliphatic rings. The highest BCUT2D eigenvalue weighted by Gasteiger charge is 2.24. The van der Waals surface area contributed by atoms with E-state index in [-0.39, 0.29) is 0 Å². The minimum absolute atomic E-state index is 0.430. The van der Waals surface area contributed by atoms with E-state index < -0.39 is 5.60 Å². The Morgan fingerprint density at radius 1 is 1.47 bits per heavy atom. The van der Waals surface area contributed by atoms with Gasteiger partial charge in [-0.05, 0) is 19.4 Å². The van der Waals surface area contributed by atoms with E-state index in [0.717, 1.165) is 31.2 Å². The molecule has 1 rings (SSSR count). The lowest BCUT2D eigenvalue weighted by molar-refractivity contribution is 0.0454. The van der Waals surface area contributed by atoms with Crippen LogP contribution in [0.25, 0.3) is 0 Å². The van der Waals surface area contributed by atoms with Crippen molar-refractivity contribution in [1.29, 1.82) is 0 Å². The molecule has 0 amide bonds. The third-order valence-corrected chi connectivity index (χ3v) is 2.69. The summed E-state index contributed by atoms with van der Waals surface area (Å²) in [4.78, 5) is 3.99. The first-order chi connectivity index (χ1) is 7.08. The number of anilines is 1. The zero-order valence-electron chi connectivity index (χ0n) is 9.53. The van der Waals surface area contributed by atoms with Crippen LogP contribution in [0.4, 0.5) is 5.82 Å². The van der Waals surface area contributed by atoms with E-state index in [9.17, 15) is 5.11 Å². The Hall–Kier alpha value is -1.09. The topological polar surface area (TPSA) is 59.1 Å². The molecule has 1 atom stereocenters. The van der Waals surface area contributed by atoms with Gasteiger partial charge in [0.15, 0.2) is 0 Å². The number of hydrogen-bond acceptors (Lipinski definition) is 3. The minimum Gasteiger partial charge on any atom is -0.385 e. The van der Waals surface area contributed by atoms with E-state index in [1.54, 1.807) is 19.2 Å². The van der Waals surface area contributed by atoms with Crippen molar-refractivity contribution in [2.45, 2.75) is 45.1 Å². The van der Waals surface area contributed by atoms with Crippen molar-refractivity contribution in [3.8, 4) is 0 Å². The zero-order valence-corrected chi connectivity index (χ0v) is 9.53. The van der Waals surface area contributed by atoms with Gasteiger partial charge in [-0.25, -0.2) is 4.98 Å². The maximum Gasteiger partial charge on any atom is 0.129 e. The Morgan fingerprint density at radius 3 is 2.80 bits per heavy atom. The number of nitrogens with zero attached hydrogens (tertiary/aromatic N) is 1. The first-order valence-corrected chi connectivity index (χ1v) is 5.51. The highest BCUT2D eigenvalue weighted by Crippen LogP contribution is 2.29. The number of hydrogen-bond donors (Lipinski definition) is 2. The van der Waals surface area contributed by atoms with Gasteiger partial charge in [-0.15, -0.1) is 0 Å². The summed E-state index contributed by atoms with van der Waals surface area (Å²) in [6.45, 7) is 3.95. The summed E-state index contributed by atoms with van der Waals surface area (Å²) in [7, 11) is 0. The van der Waals surface area contributed by atoms with Crippen molar-refractivity contribution in [1.82, 2.24) is 4.98 Å². The quantitative estimate of drug-likeness (QED) is 0.731. The maximum atomic E-state index is 10.3. The van der Waals surface area contributed by atoms with E-state index in [1.807, 2.05) is 6.07 Å². The van der Waals surface area contributed by atoms with Crippen molar-refractivity contribution >= 4 is 5.82 Å². The number of nitrogens with two attached hydrogens (primary N) is 1. The average Bonchev–Trinajstić information content (AvgIpc) is 2.18. The number of rotatable bonds is 5. The van der Waals surface area contributed by atoms with Gasteiger partial charge in [0.05, 0.1) is 5.60 Å². The van der Waals surface area contributed by atoms with Crippen LogP contribution in [0.2, 0.25) is 0 Å². The Kier molecular flexibility index (Phi) is 4.09. The molecule has 0 saturated carbocycles. The predicted molar refractivity (Wildman–Crippen MR) is 62.4 cm³/mol. The molecule has 3 nitrogen and oxygen atoms in total. The van der Waals surface area contributed by atoms with Crippen LogP contribution in [0.1, 0.15) is 45.1 Å². The fraction of sp³-hybridized carbons (Fsp3) is 0.583. The molecule has 1 heterocycles. The molecule has 1 unspecified atom stereocenters. The molecular formula is C12H20N2O. The molecule has 84 valence electrons. The molecule has 0 aromatic carbocycles. The molecule has 15 heavy (non-hydrogen) atoms. The molecule has 3 heteroatoms. The molecule has 0 radical (unpaired) electrons. The zero-order chi connectivity index (χ0) is 11.3. The molecular weight excluding hydrogens is 188 g/mol. The van der Waals surface area contributed by atoms with Crippen molar-refractivity contribution < 1.29 is 5.11 Å². The first-order valence-electron chi connectivity index (χ1n) is 5.51. The van der Waals surface area contributed by atoms with Crippen LogP contribution in [0, 0.1) is 0 Å². The van der Waals surface area contributed by atoms with Crippen LogP contribution < -0.4 is 5.73 Å². The maximum absolute atomic E-state index is 10.3. The second-order valence-corrected chi connectivity index (χ2v) is 4.17. The largest absolute Gasteiger partial charge is 0.385 e. The van der Waals surface area contributed by atoms with E-state index in [0.29, 0.717) is 5.82 Å². The number of pyridine rings is 1. The molecule has 0 spiro atoms. The molecule has 1 aromatic heterocycles. The lowest BCUT2D eigenvalue weighted by Crippen LogP contribution is -2.23. The van der Waals surface area contributed by atoms with Crippen molar-refractivity contribution in [3.63, 3.8) is 0 Å². The standard InChI is InChI=1S/C12H20N2O/c1-3-4-5-8-12(2,15)10-7-6-9-14-11(10)13/h6-7,9,15H,3-5,8H2,1-2H3,(H2,13,14). The van der Waals surface area contributed by atoms with Crippen LogP contribution in [-0.2, 0) is 5.60 Å². The van der Waals surface area contributed by atoms with E-state index in [1.165, 1.54) is 0 Å². The fourth-order valence-electron chi connectivity index (χ4n) is 1.73. The molecule has 0 aliphatic heterocycles. The SMILES string of the molecule is CCCCCC(C)(O)c1cccnc1N. The Morgan fingerprint density at radius 2 is 2.20 bits per heavy atom. The predicted octanol–water partition coefficient (Wildman–Crippen LogP) is 2.45. The Bertz CT molecular complexity index is 310. The van der Waals surface area contributed by atoms with Gasteiger partial charge in [0.25, 0.3) is 0 Å². The van der Waals surface area contributed by atoms with Crippen LogP contribution in [-0.4, -0.2) is 10.1 Å². The lowest BCUT2D eigenvalue weighted by atomic mass is 9.90. The lowest BCUT2D eigenvalue weighted by Gasteiger charge is -2.24. The second kappa shape index (κ2) is 5.12.